The van der Waals surface area contributed by atoms with Crippen LogP contribution in [0.2, 0.25) is 0 Å². The van der Waals surface area contributed by atoms with Gasteiger partial charge in [-0.2, -0.15) is 5.10 Å². The molecule has 5 heteroatoms. The van der Waals surface area contributed by atoms with Gasteiger partial charge in [-0.3, -0.25) is 4.68 Å². The molecule has 0 spiro atoms. The summed E-state index contributed by atoms with van der Waals surface area (Å²) in [5.74, 6) is 0. The van der Waals surface area contributed by atoms with Gasteiger partial charge in [0.2, 0.25) is 0 Å². The zero-order valence-corrected chi connectivity index (χ0v) is 13.6. The van der Waals surface area contributed by atoms with Gasteiger partial charge < -0.3 is 9.88 Å². The minimum atomic E-state index is 0.0969. The molecule has 0 saturated carbocycles. The van der Waals surface area contributed by atoms with Crippen LogP contribution in [0.4, 0.5) is 0 Å². The number of hydrogen-bond acceptors (Lipinski definition) is 3. The lowest BCUT2D eigenvalue weighted by atomic mass is 9.89. The molecule has 0 aliphatic carbocycles. The lowest BCUT2D eigenvalue weighted by Crippen LogP contribution is -2.20. The summed E-state index contributed by atoms with van der Waals surface area (Å²) < 4.78 is 4.04. The van der Waals surface area contributed by atoms with Crippen LogP contribution in [0.3, 0.4) is 0 Å². The predicted molar refractivity (Wildman–Crippen MR) is 85.1 cm³/mol. The predicted octanol–water partition coefficient (Wildman–Crippen LogP) is 2.48. The second-order valence-electron chi connectivity index (χ2n) is 6.61. The van der Waals surface area contributed by atoms with E-state index < -0.39 is 0 Å². The third-order valence-electron chi connectivity index (χ3n) is 3.51. The highest BCUT2D eigenvalue weighted by molar-refractivity contribution is 5.23. The molecule has 2 aromatic heterocycles. The monoisotopic (exact) mass is 289 g/mol. The van der Waals surface area contributed by atoms with E-state index in [2.05, 4.69) is 46.9 Å². The summed E-state index contributed by atoms with van der Waals surface area (Å²) in [6, 6.07) is 0. The smallest absolute Gasteiger partial charge is 0.0945 e. The van der Waals surface area contributed by atoms with E-state index in [1.807, 2.05) is 30.5 Å². The lowest BCUT2D eigenvalue weighted by molar-refractivity contribution is 0.537. The van der Waals surface area contributed by atoms with Crippen LogP contribution >= 0.6 is 0 Å². The molecule has 0 fully saturated rings. The third-order valence-corrected chi connectivity index (χ3v) is 3.51. The van der Waals surface area contributed by atoms with Crippen molar-refractivity contribution in [2.75, 3.05) is 6.54 Å². The first-order valence-electron chi connectivity index (χ1n) is 7.66. The Morgan fingerprint density at radius 3 is 2.71 bits per heavy atom. The third kappa shape index (κ3) is 4.70. The van der Waals surface area contributed by atoms with Crippen molar-refractivity contribution in [1.82, 2.24) is 24.6 Å². The van der Waals surface area contributed by atoms with E-state index >= 15 is 0 Å². The molecule has 0 atom stereocenters. The molecule has 0 amide bonds. The highest BCUT2D eigenvalue weighted by Gasteiger charge is 2.21. The Morgan fingerprint density at radius 2 is 2.05 bits per heavy atom. The number of hydrogen-bond donors (Lipinski definition) is 1. The molecule has 0 radical (unpaired) electrons. The first-order chi connectivity index (χ1) is 9.97. The van der Waals surface area contributed by atoms with E-state index in [0.717, 1.165) is 19.6 Å². The fourth-order valence-electron chi connectivity index (χ4n) is 2.48. The number of nitrogens with zero attached hydrogens (tertiary/aromatic N) is 4. The zero-order valence-electron chi connectivity index (χ0n) is 13.6. The maximum atomic E-state index is 4.60. The van der Waals surface area contributed by atoms with Gasteiger partial charge in [-0.05, 0) is 19.4 Å². The molecule has 2 aromatic rings. The molecular weight excluding hydrogens is 262 g/mol. The Balaban J connectivity index is 1.71. The van der Waals surface area contributed by atoms with Crippen LogP contribution in [0.5, 0.6) is 0 Å². The molecule has 0 saturated heterocycles. The van der Waals surface area contributed by atoms with Gasteiger partial charge >= 0.3 is 0 Å². The largest absolute Gasteiger partial charge is 0.337 e. The van der Waals surface area contributed by atoms with Crippen molar-refractivity contribution in [3.8, 4) is 0 Å². The summed E-state index contributed by atoms with van der Waals surface area (Å²) >= 11 is 0. The van der Waals surface area contributed by atoms with Gasteiger partial charge in [-0.15, -0.1) is 0 Å². The molecule has 0 unspecified atom stereocenters. The summed E-state index contributed by atoms with van der Waals surface area (Å²) in [5.41, 5.74) is 2.59. The summed E-state index contributed by atoms with van der Waals surface area (Å²) in [6.45, 7) is 9.61. The van der Waals surface area contributed by atoms with E-state index in [1.54, 1.807) is 0 Å². The first-order valence-corrected chi connectivity index (χ1v) is 7.66. The lowest BCUT2D eigenvalue weighted by Gasteiger charge is -2.17. The summed E-state index contributed by atoms with van der Waals surface area (Å²) in [6.07, 6.45) is 10.2. The molecule has 0 bridgehead atoms. The van der Waals surface area contributed by atoms with Gasteiger partial charge in [0.25, 0.3) is 0 Å². The standard InChI is InChI=1S/C16H27N5/c1-16(2,3)15-14(12-20(4)19-15)11-17-7-5-6-9-21-10-8-18-13-21/h8,10,12-13,17H,5-7,9,11H2,1-4H3. The molecule has 21 heavy (non-hydrogen) atoms. The van der Waals surface area contributed by atoms with E-state index in [9.17, 15) is 0 Å². The second-order valence-corrected chi connectivity index (χ2v) is 6.61. The number of unbranched alkanes of at least 4 members (excludes halogenated alkanes) is 1. The summed E-state index contributed by atoms with van der Waals surface area (Å²) in [7, 11) is 1.99. The van der Waals surface area contributed by atoms with Crippen LogP contribution < -0.4 is 5.32 Å². The quantitative estimate of drug-likeness (QED) is 0.797. The fraction of sp³-hybridized carbons (Fsp3) is 0.625. The minimum Gasteiger partial charge on any atom is -0.337 e. The summed E-state index contributed by atoms with van der Waals surface area (Å²) in [5, 5.41) is 8.13. The number of rotatable bonds is 7. The SMILES string of the molecule is Cn1cc(CNCCCCn2ccnc2)c(C(C)(C)C)n1. The molecule has 5 nitrogen and oxygen atoms in total. The molecule has 0 aliphatic heterocycles. The van der Waals surface area contributed by atoms with Gasteiger partial charge in [0.1, 0.15) is 0 Å². The van der Waals surface area contributed by atoms with E-state index in [1.165, 1.54) is 24.1 Å². The van der Waals surface area contributed by atoms with E-state index in [4.69, 9.17) is 0 Å². The second kappa shape index (κ2) is 6.89. The molecule has 0 aromatic carbocycles. The highest BCUT2D eigenvalue weighted by atomic mass is 15.3. The van der Waals surface area contributed by atoms with Crippen molar-refractivity contribution in [3.63, 3.8) is 0 Å². The number of imidazole rings is 1. The number of nitrogens with one attached hydrogen (secondary N) is 1. The van der Waals surface area contributed by atoms with Crippen molar-refractivity contribution in [1.29, 1.82) is 0 Å². The normalized spacial score (nSPS) is 12.0. The Bertz CT molecular complexity index is 534. The van der Waals surface area contributed by atoms with Gasteiger partial charge in [0.05, 0.1) is 12.0 Å². The van der Waals surface area contributed by atoms with Gasteiger partial charge in [0.15, 0.2) is 0 Å². The van der Waals surface area contributed by atoms with Crippen molar-refractivity contribution in [2.45, 2.75) is 52.1 Å². The molecule has 2 heterocycles. The fourth-order valence-corrected chi connectivity index (χ4v) is 2.48. The Kier molecular flexibility index (Phi) is 5.17. The molecule has 2 rings (SSSR count). The van der Waals surface area contributed by atoms with Crippen LogP contribution in [0.15, 0.2) is 24.9 Å². The van der Waals surface area contributed by atoms with Crippen molar-refractivity contribution in [2.24, 2.45) is 7.05 Å². The van der Waals surface area contributed by atoms with E-state index in [0.29, 0.717) is 0 Å². The average molecular weight is 289 g/mol. The van der Waals surface area contributed by atoms with Crippen LogP contribution in [0.25, 0.3) is 0 Å². The zero-order chi connectivity index (χ0) is 15.3. The Labute approximate surface area is 127 Å². The van der Waals surface area contributed by atoms with Crippen LogP contribution in [0, 0.1) is 0 Å². The minimum absolute atomic E-state index is 0.0969. The topological polar surface area (TPSA) is 47.7 Å². The Morgan fingerprint density at radius 1 is 1.24 bits per heavy atom. The van der Waals surface area contributed by atoms with Gasteiger partial charge in [-0.1, -0.05) is 20.8 Å². The highest BCUT2D eigenvalue weighted by Crippen LogP contribution is 2.23. The molecule has 1 N–H and O–H groups in total. The van der Waals surface area contributed by atoms with E-state index in [-0.39, 0.29) is 5.41 Å². The van der Waals surface area contributed by atoms with Crippen molar-refractivity contribution in [3.05, 3.63) is 36.2 Å². The van der Waals surface area contributed by atoms with Crippen LogP contribution in [0.1, 0.15) is 44.9 Å². The van der Waals surface area contributed by atoms with Crippen molar-refractivity contribution < 1.29 is 0 Å². The maximum absolute atomic E-state index is 4.60. The Hall–Kier alpha value is -1.62. The molecule has 116 valence electrons. The number of aryl methyl sites for hydroxylation is 2. The number of aromatic nitrogens is 4. The van der Waals surface area contributed by atoms with Gasteiger partial charge in [0, 0.05) is 49.7 Å². The van der Waals surface area contributed by atoms with Crippen molar-refractivity contribution >= 4 is 0 Å². The van der Waals surface area contributed by atoms with Crippen LogP contribution in [-0.4, -0.2) is 25.9 Å². The summed E-state index contributed by atoms with van der Waals surface area (Å²) in [4.78, 5) is 4.05. The van der Waals surface area contributed by atoms with Gasteiger partial charge in [-0.25, -0.2) is 4.98 Å². The first kappa shape index (κ1) is 15.8. The molecular formula is C16H27N5. The average Bonchev–Trinajstić information content (AvgIpc) is 3.02. The molecule has 0 aliphatic rings. The van der Waals surface area contributed by atoms with Crippen LogP contribution in [-0.2, 0) is 25.6 Å². The maximum Gasteiger partial charge on any atom is 0.0945 e.